The monoisotopic (exact) mass is 607 g/mol. The Hall–Kier alpha value is -1.57. The molecule has 0 radical (unpaired) electrons. The van der Waals surface area contributed by atoms with Crippen LogP contribution in [-0.2, 0) is 25.8 Å². The summed E-state index contributed by atoms with van der Waals surface area (Å²) in [6, 6.07) is 10.9. The van der Waals surface area contributed by atoms with Crippen LogP contribution in [0.25, 0.3) is 0 Å². The number of aromatic nitrogens is 2. The van der Waals surface area contributed by atoms with Gasteiger partial charge in [-0.2, -0.15) is 0 Å². The highest BCUT2D eigenvalue weighted by Crippen LogP contribution is 2.17. The molecule has 0 fully saturated rings. The molecule has 2 nitrogen and oxygen atoms in total. The van der Waals surface area contributed by atoms with Crippen molar-refractivity contribution in [3.8, 4) is 0 Å². The van der Waals surface area contributed by atoms with Gasteiger partial charge < -0.3 is 4.57 Å². The minimum atomic E-state index is 1.10. The minimum absolute atomic E-state index is 1.10. The summed E-state index contributed by atoms with van der Waals surface area (Å²) in [6.07, 6.45) is 43.9. The zero-order valence-electron chi connectivity index (χ0n) is 29.8. The van der Waals surface area contributed by atoms with E-state index in [2.05, 4.69) is 54.9 Å². The van der Waals surface area contributed by atoms with E-state index < -0.39 is 0 Å². The first-order valence-electron chi connectivity index (χ1n) is 19.9. The van der Waals surface area contributed by atoms with Gasteiger partial charge in [0, 0.05) is 19.2 Å². The molecule has 0 atom stereocenters. The van der Waals surface area contributed by atoms with E-state index in [1.54, 1.807) is 0 Å². The second-order valence-corrected chi connectivity index (χ2v) is 13.9. The van der Waals surface area contributed by atoms with Gasteiger partial charge in [-0.25, -0.2) is 4.98 Å². The Bertz CT molecular complexity index is 854. The summed E-state index contributed by atoms with van der Waals surface area (Å²) in [7, 11) is 0. The molecule has 2 heteroatoms. The second-order valence-electron chi connectivity index (χ2n) is 13.9. The van der Waals surface area contributed by atoms with Crippen molar-refractivity contribution in [2.24, 2.45) is 0 Å². The fraction of sp³-hybridized carbons (Fsp3) is 0.786. The summed E-state index contributed by atoms with van der Waals surface area (Å²) in [5.41, 5.74) is 2.77. The number of imidazole rings is 1. The molecule has 1 aromatic heterocycles. The molecule has 0 saturated heterocycles. The number of hydrogen-bond donors (Lipinski definition) is 0. The molecular formula is C42H74N2. The molecule has 0 N–H and O–H groups in total. The Morgan fingerprint density at radius 3 is 1.34 bits per heavy atom. The van der Waals surface area contributed by atoms with Crippen molar-refractivity contribution < 1.29 is 0 Å². The lowest BCUT2D eigenvalue weighted by Crippen LogP contribution is -2.03. The van der Waals surface area contributed by atoms with Gasteiger partial charge in [-0.15, -0.1) is 0 Å². The molecule has 0 aliphatic carbocycles. The third-order valence-electron chi connectivity index (χ3n) is 9.66. The number of hydrogen-bond acceptors (Lipinski definition) is 1. The molecular weight excluding hydrogens is 532 g/mol. The van der Waals surface area contributed by atoms with Crippen molar-refractivity contribution >= 4 is 0 Å². The molecule has 1 heterocycles. The molecule has 252 valence electrons. The quantitative estimate of drug-likeness (QED) is 0.0757. The van der Waals surface area contributed by atoms with E-state index >= 15 is 0 Å². The fourth-order valence-corrected chi connectivity index (χ4v) is 6.75. The topological polar surface area (TPSA) is 17.8 Å². The van der Waals surface area contributed by atoms with Crippen molar-refractivity contribution in [2.75, 3.05) is 0 Å². The Kier molecular flexibility index (Phi) is 25.3. The summed E-state index contributed by atoms with van der Waals surface area (Å²) in [4.78, 5) is 5.18. The molecule has 0 amide bonds. The van der Waals surface area contributed by atoms with Crippen LogP contribution in [0.1, 0.15) is 204 Å². The van der Waals surface area contributed by atoms with Crippen molar-refractivity contribution in [1.29, 1.82) is 0 Å². The van der Waals surface area contributed by atoms with Gasteiger partial charge in [0.1, 0.15) is 5.82 Å². The summed E-state index contributed by atoms with van der Waals surface area (Å²) >= 11 is 0. The van der Waals surface area contributed by atoms with Gasteiger partial charge in [0.2, 0.25) is 0 Å². The van der Waals surface area contributed by atoms with E-state index in [0.29, 0.717) is 0 Å². The molecule has 0 bridgehead atoms. The molecule has 0 unspecified atom stereocenters. The summed E-state index contributed by atoms with van der Waals surface area (Å²) < 4.78 is 2.54. The van der Waals surface area contributed by atoms with Crippen LogP contribution < -0.4 is 0 Å². The van der Waals surface area contributed by atoms with Gasteiger partial charge in [0.05, 0.1) is 5.69 Å². The van der Waals surface area contributed by atoms with Gasteiger partial charge in [-0.1, -0.05) is 198 Å². The number of benzene rings is 1. The zero-order chi connectivity index (χ0) is 31.2. The lowest BCUT2D eigenvalue weighted by molar-refractivity contribution is 0.515. The maximum Gasteiger partial charge on any atom is 0.108 e. The van der Waals surface area contributed by atoms with Crippen LogP contribution in [0.2, 0.25) is 0 Å². The predicted molar refractivity (Wildman–Crippen MR) is 196 cm³/mol. The largest absolute Gasteiger partial charge is 0.335 e. The standard InChI is InChI=1S/C42H74N2/c1-3-5-7-9-11-13-15-17-18-20-22-24-26-31-38-44-39-41(36-32-35-40-33-28-27-29-34-40)43-42(44)37-30-25-23-21-19-16-14-12-10-8-6-4-2/h27-29,33-34,39H,3-26,30-32,35-38H2,1-2H3. The third kappa shape index (κ3) is 21.2. The minimum Gasteiger partial charge on any atom is -0.335 e. The number of rotatable bonds is 32. The van der Waals surface area contributed by atoms with Crippen LogP contribution in [0.5, 0.6) is 0 Å². The maximum atomic E-state index is 5.18. The molecule has 1 aromatic carbocycles. The maximum absolute atomic E-state index is 5.18. The summed E-state index contributed by atoms with van der Waals surface area (Å²) in [5, 5.41) is 0. The molecule has 0 aliphatic heterocycles. The van der Waals surface area contributed by atoms with Gasteiger partial charge >= 0.3 is 0 Å². The normalized spacial score (nSPS) is 11.5. The van der Waals surface area contributed by atoms with Crippen LogP contribution in [0, 0.1) is 0 Å². The SMILES string of the molecule is CCCCCCCCCCCCCCCCn1cc(CCCc2ccccc2)nc1CCCCCCCCCCCCCC. The van der Waals surface area contributed by atoms with Gasteiger partial charge in [-0.3, -0.25) is 0 Å². The molecule has 2 aromatic rings. The van der Waals surface area contributed by atoms with Crippen molar-refractivity contribution in [1.82, 2.24) is 9.55 Å². The average Bonchev–Trinajstić information content (AvgIpc) is 3.43. The fourth-order valence-electron chi connectivity index (χ4n) is 6.75. The highest BCUT2D eigenvalue weighted by molar-refractivity contribution is 5.15. The van der Waals surface area contributed by atoms with E-state index in [0.717, 1.165) is 25.8 Å². The first-order chi connectivity index (χ1) is 21.8. The van der Waals surface area contributed by atoms with Gasteiger partial charge in [-0.05, 0) is 37.7 Å². The lowest BCUT2D eigenvalue weighted by Gasteiger charge is -2.08. The van der Waals surface area contributed by atoms with Crippen LogP contribution >= 0.6 is 0 Å². The first-order valence-corrected chi connectivity index (χ1v) is 19.9. The Labute approximate surface area is 275 Å². The highest BCUT2D eigenvalue weighted by Gasteiger charge is 2.09. The first kappa shape index (κ1) is 38.6. The van der Waals surface area contributed by atoms with E-state index in [-0.39, 0.29) is 0 Å². The molecule has 0 spiro atoms. The number of nitrogens with zero attached hydrogens (tertiary/aromatic N) is 2. The summed E-state index contributed by atoms with van der Waals surface area (Å²) in [5.74, 6) is 1.36. The number of unbranched alkanes of at least 4 members (excludes halogenated alkanes) is 24. The van der Waals surface area contributed by atoms with Crippen molar-refractivity contribution in [2.45, 2.75) is 213 Å². The second kappa shape index (κ2) is 28.9. The van der Waals surface area contributed by atoms with Crippen LogP contribution in [0.15, 0.2) is 36.5 Å². The number of aryl methyl sites for hydroxylation is 4. The smallest absolute Gasteiger partial charge is 0.108 e. The van der Waals surface area contributed by atoms with Gasteiger partial charge in [0.15, 0.2) is 0 Å². The lowest BCUT2D eigenvalue weighted by atomic mass is 10.0. The zero-order valence-corrected chi connectivity index (χ0v) is 29.8. The van der Waals surface area contributed by atoms with Crippen LogP contribution in [0.4, 0.5) is 0 Å². The van der Waals surface area contributed by atoms with E-state index in [1.165, 1.54) is 190 Å². The Morgan fingerprint density at radius 2 is 0.864 bits per heavy atom. The molecule has 44 heavy (non-hydrogen) atoms. The average molecular weight is 607 g/mol. The van der Waals surface area contributed by atoms with E-state index in [4.69, 9.17) is 4.98 Å². The molecule has 0 aliphatic rings. The van der Waals surface area contributed by atoms with Crippen molar-refractivity contribution in [3.63, 3.8) is 0 Å². The Morgan fingerprint density at radius 1 is 0.432 bits per heavy atom. The molecule has 2 rings (SSSR count). The van der Waals surface area contributed by atoms with E-state index in [9.17, 15) is 0 Å². The van der Waals surface area contributed by atoms with E-state index in [1.807, 2.05) is 0 Å². The van der Waals surface area contributed by atoms with Crippen molar-refractivity contribution in [3.05, 3.63) is 53.6 Å². The highest BCUT2D eigenvalue weighted by atomic mass is 15.1. The third-order valence-corrected chi connectivity index (χ3v) is 9.66. The Balaban J connectivity index is 1.60. The van der Waals surface area contributed by atoms with Gasteiger partial charge in [0.25, 0.3) is 0 Å². The van der Waals surface area contributed by atoms with Crippen LogP contribution in [0.3, 0.4) is 0 Å². The molecule has 0 saturated carbocycles. The van der Waals surface area contributed by atoms with Crippen LogP contribution in [-0.4, -0.2) is 9.55 Å². The summed E-state index contributed by atoms with van der Waals surface area (Å²) in [6.45, 7) is 5.78. The predicted octanol–water partition coefficient (Wildman–Crippen LogP) is 13.8.